The van der Waals surface area contributed by atoms with E-state index in [9.17, 15) is 19.5 Å². The molecule has 460 valence electrons. The number of esters is 2. The number of nitrogens with zero attached hydrogens (tertiary/aromatic N) is 1. The van der Waals surface area contributed by atoms with Crippen LogP contribution in [0.3, 0.4) is 0 Å². The van der Waals surface area contributed by atoms with Crippen LogP contribution in [0.2, 0.25) is 0 Å². The molecule has 0 fully saturated rings. The normalized spacial score (nSPS) is 13.6. The first kappa shape index (κ1) is 76.4. The monoisotopic (exact) mass is 1130 g/mol. The molecular formula is C72H119NO8. The number of likely N-dealkylation sites (N-methyl/N-ethyl adjacent to an activating group) is 1. The highest BCUT2D eigenvalue weighted by molar-refractivity contribution is 5.70. The molecule has 0 spiro atoms. The van der Waals surface area contributed by atoms with E-state index >= 15 is 0 Å². The van der Waals surface area contributed by atoms with Crippen LogP contribution in [0.15, 0.2) is 134 Å². The summed E-state index contributed by atoms with van der Waals surface area (Å²) in [4.78, 5) is 37.3. The van der Waals surface area contributed by atoms with Crippen molar-refractivity contribution >= 4 is 17.9 Å². The summed E-state index contributed by atoms with van der Waals surface area (Å²) in [6, 6.07) is 0. The van der Waals surface area contributed by atoms with E-state index in [1.165, 1.54) is 83.5 Å². The largest absolute Gasteiger partial charge is 0.545 e. The molecule has 2 atom stereocenters. The van der Waals surface area contributed by atoms with E-state index in [1.54, 1.807) is 0 Å². The van der Waals surface area contributed by atoms with Crippen LogP contribution in [0.5, 0.6) is 0 Å². The Hall–Kier alpha value is -4.57. The van der Waals surface area contributed by atoms with Gasteiger partial charge >= 0.3 is 11.9 Å². The van der Waals surface area contributed by atoms with Crippen molar-refractivity contribution in [3.05, 3.63) is 134 Å². The molecule has 0 saturated heterocycles. The summed E-state index contributed by atoms with van der Waals surface area (Å²) in [5.74, 6) is -2.31. The Morgan fingerprint density at radius 3 is 0.988 bits per heavy atom. The standard InChI is InChI=1S/C72H119NO8/c1-6-8-10-12-14-16-18-20-22-23-24-25-26-27-28-29-30-31-32-33-34-35-36-37-38-39-40-41-42-43-44-45-46-47-49-51-53-55-57-59-61-63-70(75)81-68(67-80-72(71(76)77)78-65-64-73(3,4)5)66-79-69(74)62-60-58-56-54-52-50-48-21-19-17-15-13-11-9-7-2/h8-11,14-17,20-22,24-25,27-28,30-31,33-34,36-37,48,68,72H,6-7,12-13,18-19,23,26,29,32,35,38-47,49-67H2,1-5H3/b10-8-,11-9-,16-14-,17-15-,22-20-,25-24-,28-27-,31-30-,34-33-,37-36-,48-21-. The van der Waals surface area contributed by atoms with Crippen molar-refractivity contribution in [1.82, 2.24) is 0 Å². The van der Waals surface area contributed by atoms with E-state index in [4.69, 9.17) is 18.9 Å². The maximum atomic E-state index is 12.9. The molecule has 2 unspecified atom stereocenters. The molecule has 0 aromatic carbocycles. The van der Waals surface area contributed by atoms with E-state index < -0.39 is 24.3 Å². The molecule has 0 rings (SSSR count). The van der Waals surface area contributed by atoms with Gasteiger partial charge in [-0.25, -0.2) is 0 Å². The molecule has 0 aromatic rings. The van der Waals surface area contributed by atoms with Crippen molar-refractivity contribution in [3.63, 3.8) is 0 Å². The molecule has 0 bridgehead atoms. The Balaban J connectivity index is 4.06. The van der Waals surface area contributed by atoms with E-state index in [0.29, 0.717) is 23.9 Å². The van der Waals surface area contributed by atoms with Crippen LogP contribution in [0.25, 0.3) is 0 Å². The zero-order valence-corrected chi connectivity index (χ0v) is 52.4. The summed E-state index contributed by atoms with van der Waals surface area (Å²) in [5, 5.41) is 11.8. The average Bonchev–Trinajstić information content (AvgIpc) is 3.44. The molecule has 9 nitrogen and oxygen atoms in total. The maximum absolute atomic E-state index is 12.9. The number of carbonyl (C=O) groups excluding carboxylic acids is 3. The highest BCUT2D eigenvalue weighted by Crippen LogP contribution is 2.16. The quantitative estimate of drug-likeness (QED) is 0.0195. The molecule has 0 saturated carbocycles. The number of carbonyl (C=O) groups is 3. The number of hydrogen-bond acceptors (Lipinski definition) is 8. The van der Waals surface area contributed by atoms with Crippen molar-refractivity contribution in [2.24, 2.45) is 0 Å². The summed E-state index contributed by atoms with van der Waals surface area (Å²) in [6.45, 7) is 4.49. The predicted octanol–water partition coefficient (Wildman–Crippen LogP) is 18.5. The van der Waals surface area contributed by atoms with Gasteiger partial charge in [-0.3, -0.25) is 9.59 Å². The fourth-order valence-corrected chi connectivity index (χ4v) is 8.51. The SMILES string of the molecule is CC/C=C\C/C=C\C/C=C\C/C=C\C/C=C\C/C=C\C/C=C\C/C=C\CCCCCCCCCCCCCCCCCCC(=O)OC(COC(=O)CCCCCCC/C=C\C/C=C\C/C=C\CC)COC(OCC[N+](C)(C)C)C(=O)[O-]. The van der Waals surface area contributed by atoms with Crippen LogP contribution in [-0.2, 0) is 33.3 Å². The van der Waals surface area contributed by atoms with Gasteiger partial charge in [-0.05, 0) is 109 Å². The number of unbranched alkanes of at least 4 members (excludes halogenated alkanes) is 21. The van der Waals surface area contributed by atoms with Gasteiger partial charge in [0.2, 0.25) is 0 Å². The number of rotatable bonds is 58. The Kier molecular flexibility index (Phi) is 58.0. The molecule has 0 radical (unpaired) electrons. The van der Waals surface area contributed by atoms with E-state index in [-0.39, 0.29) is 38.6 Å². The Labute approximate surface area is 497 Å². The smallest absolute Gasteiger partial charge is 0.306 e. The average molecular weight is 1130 g/mol. The van der Waals surface area contributed by atoms with Crippen LogP contribution >= 0.6 is 0 Å². The van der Waals surface area contributed by atoms with Gasteiger partial charge in [-0.15, -0.1) is 0 Å². The van der Waals surface area contributed by atoms with Gasteiger partial charge in [0.05, 0.1) is 40.3 Å². The Morgan fingerprint density at radius 2 is 0.667 bits per heavy atom. The zero-order chi connectivity index (χ0) is 59.1. The second-order valence-electron chi connectivity index (χ2n) is 22.3. The number of carboxylic acid groups (broad SMARTS) is 1. The van der Waals surface area contributed by atoms with Crippen molar-refractivity contribution < 1.29 is 42.9 Å². The second kappa shape index (κ2) is 61.5. The van der Waals surface area contributed by atoms with Crippen LogP contribution in [0.1, 0.15) is 245 Å². The van der Waals surface area contributed by atoms with Crippen molar-refractivity contribution in [3.8, 4) is 0 Å². The summed E-state index contributed by atoms with van der Waals surface area (Å²) in [6.07, 6.45) is 85.3. The molecule has 0 heterocycles. The van der Waals surface area contributed by atoms with Crippen LogP contribution < -0.4 is 5.11 Å². The summed E-state index contributed by atoms with van der Waals surface area (Å²) in [7, 11) is 5.91. The molecule has 0 N–H and O–H groups in total. The van der Waals surface area contributed by atoms with E-state index in [0.717, 1.165) is 122 Å². The first-order chi connectivity index (χ1) is 39.6. The van der Waals surface area contributed by atoms with E-state index in [2.05, 4.69) is 148 Å². The molecule has 0 aliphatic rings. The highest BCUT2D eigenvalue weighted by Gasteiger charge is 2.22. The van der Waals surface area contributed by atoms with Crippen LogP contribution in [0, 0.1) is 0 Å². The lowest BCUT2D eigenvalue weighted by Crippen LogP contribution is -2.44. The number of hydrogen-bond donors (Lipinski definition) is 0. The summed E-state index contributed by atoms with van der Waals surface area (Å²) >= 11 is 0. The van der Waals surface area contributed by atoms with Crippen molar-refractivity contribution in [2.45, 2.75) is 257 Å². The number of ether oxygens (including phenoxy) is 4. The van der Waals surface area contributed by atoms with Crippen molar-refractivity contribution in [2.75, 3.05) is 47.5 Å². The number of allylic oxidation sites excluding steroid dienone is 22. The third-order valence-corrected chi connectivity index (χ3v) is 13.4. The number of aliphatic carboxylic acids is 1. The van der Waals surface area contributed by atoms with Gasteiger partial charge in [0, 0.05) is 12.8 Å². The molecule has 0 aromatic heterocycles. The Bertz CT molecular complexity index is 1790. The molecule has 9 heteroatoms. The van der Waals surface area contributed by atoms with Crippen molar-refractivity contribution in [1.29, 1.82) is 0 Å². The maximum Gasteiger partial charge on any atom is 0.306 e. The molecular weight excluding hydrogens is 1010 g/mol. The zero-order valence-electron chi connectivity index (χ0n) is 52.4. The first-order valence-electron chi connectivity index (χ1n) is 32.3. The van der Waals surface area contributed by atoms with Gasteiger partial charge < -0.3 is 33.3 Å². The lowest BCUT2D eigenvalue weighted by Gasteiger charge is -2.26. The second-order valence-corrected chi connectivity index (χ2v) is 22.3. The number of carboxylic acids is 1. The lowest BCUT2D eigenvalue weighted by molar-refractivity contribution is -0.870. The summed E-state index contributed by atoms with van der Waals surface area (Å²) < 4.78 is 22.7. The third kappa shape index (κ3) is 62.9. The third-order valence-electron chi connectivity index (χ3n) is 13.4. The minimum atomic E-state index is -1.63. The van der Waals surface area contributed by atoms with Gasteiger partial charge in [-0.2, -0.15) is 0 Å². The fourth-order valence-electron chi connectivity index (χ4n) is 8.51. The lowest BCUT2D eigenvalue weighted by atomic mass is 10.0. The molecule has 0 amide bonds. The van der Waals surface area contributed by atoms with Gasteiger partial charge in [-0.1, -0.05) is 257 Å². The van der Waals surface area contributed by atoms with Crippen LogP contribution in [0.4, 0.5) is 0 Å². The highest BCUT2D eigenvalue weighted by atomic mass is 16.7. The van der Waals surface area contributed by atoms with Gasteiger partial charge in [0.25, 0.3) is 0 Å². The minimum absolute atomic E-state index is 0.140. The minimum Gasteiger partial charge on any atom is -0.545 e. The molecule has 0 aliphatic carbocycles. The fraction of sp³-hybridized carbons (Fsp3) is 0.653. The first-order valence-corrected chi connectivity index (χ1v) is 32.3. The Morgan fingerprint density at radius 1 is 0.370 bits per heavy atom. The predicted molar refractivity (Wildman–Crippen MR) is 343 cm³/mol. The van der Waals surface area contributed by atoms with Gasteiger partial charge in [0.15, 0.2) is 12.4 Å². The van der Waals surface area contributed by atoms with Crippen LogP contribution in [-0.4, -0.2) is 82.3 Å². The van der Waals surface area contributed by atoms with Gasteiger partial charge in [0.1, 0.15) is 13.2 Å². The number of quaternary nitrogens is 1. The van der Waals surface area contributed by atoms with E-state index in [1.807, 2.05) is 21.1 Å². The topological polar surface area (TPSA) is 111 Å². The molecule has 0 aliphatic heterocycles. The summed E-state index contributed by atoms with van der Waals surface area (Å²) in [5.41, 5.74) is 0. The molecule has 81 heavy (non-hydrogen) atoms.